The molecule has 0 spiro atoms. The van der Waals surface area contributed by atoms with Crippen LogP contribution in [0.5, 0.6) is 0 Å². The van der Waals surface area contributed by atoms with Crippen LogP contribution in [0.15, 0.2) is 47.2 Å². The Balaban J connectivity index is 2.20. The molecule has 1 aromatic heterocycles. The summed E-state index contributed by atoms with van der Waals surface area (Å²) in [5, 5.41) is 3.24. The molecule has 0 bridgehead atoms. The van der Waals surface area contributed by atoms with Gasteiger partial charge in [-0.3, -0.25) is 4.98 Å². The van der Waals surface area contributed by atoms with E-state index in [1.807, 2.05) is 19.1 Å². The summed E-state index contributed by atoms with van der Waals surface area (Å²) in [5.74, 6) is -0.197. The van der Waals surface area contributed by atoms with Crippen molar-refractivity contribution in [2.24, 2.45) is 0 Å². The average molecular weight is 295 g/mol. The van der Waals surface area contributed by atoms with Crippen LogP contribution in [0.2, 0.25) is 0 Å². The Labute approximate surface area is 108 Å². The number of aromatic nitrogens is 1. The number of halogens is 2. The fourth-order valence-electron chi connectivity index (χ4n) is 1.63. The molecule has 0 aliphatic rings. The quantitative estimate of drug-likeness (QED) is 0.919. The van der Waals surface area contributed by atoms with Crippen LogP contribution in [0.1, 0.15) is 18.5 Å². The van der Waals surface area contributed by atoms with E-state index in [4.69, 9.17) is 0 Å². The van der Waals surface area contributed by atoms with Crippen molar-refractivity contribution in [3.8, 4) is 0 Å². The maximum atomic E-state index is 13.6. The van der Waals surface area contributed by atoms with Crippen molar-refractivity contribution < 1.29 is 4.39 Å². The van der Waals surface area contributed by atoms with Crippen molar-refractivity contribution >= 4 is 21.6 Å². The van der Waals surface area contributed by atoms with E-state index >= 15 is 0 Å². The number of pyridine rings is 1. The van der Waals surface area contributed by atoms with Gasteiger partial charge in [0.2, 0.25) is 0 Å². The lowest BCUT2D eigenvalue weighted by Gasteiger charge is -2.17. The van der Waals surface area contributed by atoms with Crippen molar-refractivity contribution in [1.82, 2.24) is 4.98 Å². The van der Waals surface area contributed by atoms with E-state index in [1.165, 1.54) is 6.07 Å². The Morgan fingerprint density at radius 3 is 2.76 bits per heavy atom. The number of nitrogens with zero attached hydrogens (tertiary/aromatic N) is 1. The summed E-state index contributed by atoms with van der Waals surface area (Å²) < 4.78 is 14.4. The first-order valence-corrected chi connectivity index (χ1v) is 6.08. The highest BCUT2D eigenvalue weighted by atomic mass is 79.9. The van der Waals surface area contributed by atoms with E-state index in [-0.39, 0.29) is 11.9 Å². The Morgan fingerprint density at radius 1 is 1.29 bits per heavy atom. The smallest absolute Gasteiger partial charge is 0.128 e. The first-order valence-electron chi connectivity index (χ1n) is 5.29. The normalized spacial score (nSPS) is 12.2. The largest absolute Gasteiger partial charge is 0.377 e. The van der Waals surface area contributed by atoms with Gasteiger partial charge in [-0.15, -0.1) is 0 Å². The molecule has 4 heteroatoms. The Morgan fingerprint density at radius 2 is 2.06 bits per heavy atom. The zero-order valence-electron chi connectivity index (χ0n) is 9.32. The fraction of sp³-hybridized carbons (Fsp3) is 0.154. The monoisotopic (exact) mass is 294 g/mol. The summed E-state index contributed by atoms with van der Waals surface area (Å²) in [4.78, 5) is 3.98. The Hall–Kier alpha value is -1.42. The molecular weight excluding hydrogens is 283 g/mol. The number of nitrogens with one attached hydrogen (secondary N) is 1. The topological polar surface area (TPSA) is 24.9 Å². The fourth-order valence-corrected chi connectivity index (χ4v) is 1.99. The molecule has 0 aliphatic carbocycles. The van der Waals surface area contributed by atoms with Crippen LogP contribution in [0.3, 0.4) is 0 Å². The first kappa shape index (κ1) is 12.0. The van der Waals surface area contributed by atoms with Gasteiger partial charge in [0.15, 0.2) is 0 Å². The van der Waals surface area contributed by atoms with Crippen LogP contribution < -0.4 is 5.32 Å². The van der Waals surface area contributed by atoms with Crippen LogP contribution in [0.25, 0.3) is 0 Å². The van der Waals surface area contributed by atoms with E-state index in [2.05, 4.69) is 26.2 Å². The summed E-state index contributed by atoms with van der Waals surface area (Å²) in [5.41, 5.74) is 1.55. The minimum atomic E-state index is -0.197. The molecule has 0 fully saturated rings. The first-order chi connectivity index (χ1) is 8.18. The highest BCUT2D eigenvalue weighted by Crippen LogP contribution is 2.26. The molecule has 88 valence electrons. The summed E-state index contributed by atoms with van der Waals surface area (Å²) in [6, 6.07) is 8.51. The third-order valence-corrected chi connectivity index (χ3v) is 3.15. The SMILES string of the molecule is CC(Nc1ccncc1Br)c1ccccc1F. The second-order valence-electron chi connectivity index (χ2n) is 3.74. The van der Waals surface area contributed by atoms with Crippen molar-refractivity contribution in [3.63, 3.8) is 0 Å². The second kappa shape index (κ2) is 5.27. The van der Waals surface area contributed by atoms with Crippen molar-refractivity contribution in [2.45, 2.75) is 13.0 Å². The van der Waals surface area contributed by atoms with Crippen molar-refractivity contribution in [3.05, 3.63) is 58.6 Å². The lowest BCUT2D eigenvalue weighted by molar-refractivity contribution is 0.600. The van der Waals surface area contributed by atoms with Gasteiger partial charge in [0.25, 0.3) is 0 Å². The van der Waals surface area contributed by atoms with Gasteiger partial charge in [-0.2, -0.15) is 0 Å². The van der Waals surface area contributed by atoms with Gasteiger partial charge in [0.05, 0.1) is 16.2 Å². The third-order valence-electron chi connectivity index (χ3n) is 2.52. The lowest BCUT2D eigenvalue weighted by Crippen LogP contribution is -2.08. The number of rotatable bonds is 3. The Kier molecular flexibility index (Phi) is 3.74. The molecule has 1 aromatic carbocycles. The molecule has 1 unspecified atom stereocenters. The highest BCUT2D eigenvalue weighted by Gasteiger charge is 2.10. The predicted molar refractivity (Wildman–Crippen MR) is 70.4 cm³/mol. The van der Waals surface area contributed by atoms with E-state index in [1.54, 1.807) is 24.5 Å². The zero-order valence-corrected chi connectivity index (χ0v) is 10.9. The van der Waals surface area contributed by atoms with Gasteiger partial charge < -0.3 is 5.32 Å². The Bertz CT molecular complexity index is 516. The third kappa shape index (κ3) is 2.82. The van der Waals surface area contributed by atoms with Crippen LogP contribution in [-0.4, -0.2) is 4.98 Å². The molecule has 0 saturated heterocycles. The summed E-state index contributed by atoms with van der Waals surface area (Å²) in [6.45, 7) is 1.92. The number of anilines is 1. The van der Waals surface area contributed by atoms with E-state index in [0.717, 1.165) is 10.2 Å². The van der Waals surface area contributed by atoms with Gasteiger partial charge in [-0.1, -0.05) is 18.2 Å². The molecule has 0 radical (unpaired) electrons. The molecule has 2 rings (SSSR count). The van der Waals surface area contributed by atoms with Gasteiger partial charge in [-0.25, -0.2) is 4.39 Å². The van der Waals surface area contributed by atoms with Crippen molar-refractivity contribution in [2.75, 3.05) is 5.32 Å². The molecule has 2 aromatic rings. The minimum absolute atomic E-state index is 0.102. The van der Waals surface area contributed by atoms with Gasteiger partial charge in [0.1, 0.15) is 5.82 Å². The zero-order chi connectivity index (χ0) is 12.3. The van der Waals surface area contributed by atoms with E-state index < -0.39 is 0 Å². The van der Waals surface area contributed by atoms with Crippen LogP contribution in [0.4, 0.5) is 10.1 Å². The molecule has 1 N–H and O–H groups in total. The molecule has 17 heavy (non-hydrogen) atoms. The minimum Gasteiger partial charge on any atom is -0.377 e. The molecular formula is C13H12BrFN2. The maximum absolute atomic E-state index is 13.6. The number of benzene rings is 1. The summed E-state index contributed by atoms with van der Waals surface area (Å²) >= 11 is 3.40. The predicted octanol–water partition coefficient (Wildman–Crippen LogP) is 4.16. The standard InChI is InChI=1S/C13H12BrFN2/c1-9(10-4-2-3-5-12(10)15)17-13-6-7-16-8-11(13)14/h2-9H,1H3,(H,16,17). The molecule has 0 aliphatic heterocycles. The van der Waals surface area contributed by atoms with E-state index in [9.17, 15) is 4.39 Å². The average Bonchev–Trinajstić information content (AvgIpc) is 2.32. The number of hydrogen-bond donors (Lipinski definition) is 1. The lowest BCUT2D eigenvalue weighted by atomic mass is 10.1. The summed E-state index contributed by atoms with van der Waals surface area (Å²) in [7, 11) is 0. The molecule has 2 nitrogen and oxygen atoms in total. The van der Waals surface area contributed by atoms with Crippen LogP contribution in [-0.2, 0) is 0 Å². The van der Waals surface area contributed by atoms with Gasteiger partial charge >= 0.3 is 0 Å². The molecule has 1 atom stereocenters. The molecule has 0 amide bonds. The maximum Gasteiger partial charge on any atom is 0.128 e. The highest BCUT2D eigenvalue weighted by molar-refractivity contribution is 9.10. The van der Waals surface area contributed by atoms with Gasteiger partial charge in [-0.05, 0) is 35.0 Å². The van der Waals surface area contributed by atoms with Gasteiger partial charge in [0, 0.05) is 18.0 Å². The van der Waals surface area contributed by atoms with E-state index in [0.29, 0.717) is 5.56 Å². The molecule has 1 heterocycles. The summed E-state index contributed by atoms with van der Waals surface area (Å²) in [6.07, 6.45) is 3.40. The second-order valence-corrected chi connectivity index (χ2v) is 4.60. The van der Waals surface area contributed by atoms with Crippen LogP contribution >= 0.6 is 15.9 Å². The number of hydrogen-bond acceptors (Lipinski definition) is 2. The van der Waals surface area contributed by atoms with Crippen molar-refractivity contribution in [1.29, 1.82) is 0 Å². The van der Waals surface area contributed by atoms with Crippen LogP contribution in [0, 0.1) is 5.82 Å². The molecule has 0 saturated carbocycles.